The number of thiazole rings is 1. The van der Waals surface area contributed by atoms with Gasteiger partial charge in [-0.3, -0.25) is 9.69 Å². The number of rotatable bonds is 5. The van der Waals surface area contributed by atoms with Gasteiger partial charge in [-0.1, -0.05) is 35.4 Å². The summed E-state index contributed by atoms with van der Waals surface area (Å²) in [7, 11) is 4.04. The predicted octanol–water partition coefficient (Wildman–Crippen LogP) is 3.95. The normalized spacial score (nSPS) is 15.2. The fourth-order valence-electron chi connectivity index (χ4n) is 2.68. The number of fused-ring (bicyclic) bond motifs is 1. The van der Waals surface area contributed by atoms with Crippen LogP contribution in [0, 0.1) is 12.8 Å². The zero-order chi connectivity index (χ0) is 16.6. The van der Waals surface area contributed by atoms with Gasteiger partial charge in [0.25, 0.3) is 0 Å². The summed E-state index contributed by atoms with van der Waals surface area (Å²) in [5, 5.41) is 1.48. The molecule has 1 aromatic carbocycles. The minimum atomic E-state index is 0.167. The van der Waals surface area contributed by atoms with Gasteiger partial charge in [-0.15, -0.1) is 0 Å². The lowest BCUT2D eigenvalue weighted by molar-refractivity contribution is -0.124. The van der Waals surface area contributed by atoms with Crippen molar-refractivity contribution >= 4 is 44.2 Å². The highest BCUT2D eigenvalue weighted by atomic mass is 35.5. The topological polar surface area (TPSA) is 36.4 Å². The van der Waals surface area contributed by atoms with Crippen molar-refractivity contribution in [2.24, 2.45) is 5.92 Å². The number of benzene rings is 1. The SMILES string of the molecule is Cc1ccc(Cl)c2sc(N(CCN(C)C)C(=O)C3CCC3)nc12. The fraction of sp³-hybridized carbons (Fsp3) is 0.529. The molecular weight excluding hydrogens is 330 g/mol. The highest BCUT2D eigenvalue weighted by molar-refractivity contribution is 7.23. The molecule has 0 N–H and O–H groups in total. The standard InChI is InChI=1S/C17H22ClN3OS/c1-11-7-8-13(18)15-14(11)19-17(23-15)21(10-9-20(2)3)16(22)12-5-4-6-12/h7-8,12H,4-6,9-10H2,1-3H3. The minimum Gasteiger partial charge on any atom is -0.308 e. The van der Waals surface area contributed by atoms with Crippen molar-refractivity contribution in [3.8, 4) is 0 Å². The Kier molecular flexibility index (Phi) is 4.90. The molecule has 1 aliphatic carbocycles. The van der Waals surface area contributed by atoms with E-state index in [2.05, 4.69) is 4.90 Å². The molecule has 1 aliphatic rings. The number of hydrogen-bond acceptors (Lipinski definition) is 4. The van der Waals surface area contributed by atoms with Crippen molar-refractivity contribution in [3.63, 3.8) is 0 Å². The molecule has 1 amide bonds. The Morgan fingerprint density at radius 1 is 1.35 bits per heavy atom. The second kappa shape index (κ2) is 6.75. The summed E-state index contributed by atoms with van der Waals surface area (Å²) >= 11 is 7.84. The first-order valence-corrected chi connectivity index (χ1v) is 9.18. The van der Waals surface area contributed by atoms with Crippen LogP contribution in [0.4, 0.5) is 5.13 Å². The van der Waals surface area contributed by atoms with Gasteiger partial charge in [0.2, 0.25) is 5.91 Å². The lowest BCUT2D eigenvalue weighted by Gasteiger charge is -2.30. The number of carbonyl (C=O) groups is 1. The summed E-state index contributed by atoms with van der Waals surface area (Å²) < 4.78 is 0.970. The van der Waals surface area contributed by atoms with E-state index in [1.807, 2.05) is 38.1 Å². The third-order valence-electron chi connectivity index (χ3n) is 4.41. The molecule has 3 rings (SSSR count). The number of aryl methyl sites for hydroxylation is 1. The molecule has 0 radical (unpaired) electrons. The molecule has 1 heterocycles. The zero-order valence-electron chi connectivity index (χ0n) is 13.8. The lowest BCUT2D eigenvalue weighted by atomic mass is 9.84. The number of anilines is 1. The van der Waals surface area contributed by atoms with Gasteiger partial charge in [0.1, 0.15) is 0 Å². The van der Waals surface area contributed by atoms with Crippen molar-refractivity contribution in [2.45, 2.75) is 26.2 Å². The molecule has 1 saturated carbocycles. The van der Waals surface area contributed by atoms with Gasteiger partial charge in [0.15, 0.2) is 5.13 Å². The molecule has 0 aliphatic heterocycles. The first kappa shape index (κ1) is 16.7. The molecule has 23 heavy (non-hydrogen) atoms. The average Bonchev–Trinajstić information content (AvgIpc) is 2.87. The Morgan fingerprint density at radius 2 is 2.09 bits per heavy atom. The Bertz CT molecular complexity index is 685. The van der Waals surface area contributed by atoms with Gasteiger partial charge >= 0.3 is 0 Å². The Morgan fingerprint density at radius 3 is 2.65 bits per heavy atom. The number of nitrogens with zero attached hydrogens (tertiary/aromatic N) is 3. The highest BCUT2D eigenvalue weighted by Crippen LogP contribution is 2.37. The molecule has 124 valence electrons. The third kappa shape index (κ3) is 3.37. The molecule has 4 nitrogen and oxygen atoms in total. The fourth-order valence-corrected chi connectivity index (χ4v) is 4.03. The summed E-state index contributed by atoms with van der Waals surface area (Å²) in [6, 6.07) is 3.88. The molecule has 0 saturated heterocycles. The van der Waals surface area contributed by atoms with Crippen molar-refractivity contribution in [1.82, 2.24) is 9.88 Å². The molecule has 0 spiro atoms. The highest BCUT2D eigenvalue weighted by Gasteiger charge is 2.31. The number of halogens is 1. The first-order valence-electron chi connectivity index (χ1n) is 7.99. The van der Waals surface area contributed by atoms with Gasteiger partial charge in [0.05, 0.1) is 15.2 Å². The van der Waals surface area contributed by atoms with E-state index < -0.39 is 0 Å². The van der Waals surface area contributed by atoms with E-state index in [0.29, 0.717) is 11.6 Å². The molecular formula is C17H22ClN3OS. The summed E-state index contributed by atoms with van der Waals surface area (Å²) in [6.07, 6.45) is 3.16. The van der Waals surface area contributed by atoms with Crippen LogP contribution in [-0.2, 0) is 4.79 Å². The predicted molar refractivity (Wildman–Crippen MR) is 97.6 cm³/mol. The number of likely N-dealkylation sites (N-methyl/N-ethyl adjacent to an activating group) is 1. The second-order valence-corrected chi connectivity index (χ2v) is 7.84. The van der Waals surface area contributed by atoms with Gasteiger partial charge < -0.3 is 4.90 Å². The van der Waals surface area contributed by atoms with Crippen molar-refractivity contribution < 1.29 is 4.79 Å². The zero-order valence-corrected chi connectivity index (χ0v) is 15.4. The summed E-state index contributed by atoms with van der Waals surface area (Å²) in [5.41, 5.74) is 2.00. The van der Waals surface area contributed by atoms with Crippen LogP contribution >= 0.6 is 22.9 Å². The molecule has 6 heteroatoms. The number of carbonyl (C=O) groups excluding carboxylic acids is 1. The van der Waals surface area contributed by atoms with Gasteiger partial charge in [-0.05, 0) is 45.5 Å². The summed E-state index contributed by atoms with van der Waals surface area (Å²) in [5.74, 6) is 0.381. The Balaban J connectivity index is 1.96. The van der Waals surface area contributed by atoms with E-state index in [1.165, 1.54) is 11.3 Å². The van der Waals surface area contributed by atoms with E-state index in [0.717, 1.165) is 46.7 Å². The van der Waals surface area contributed by atoms with Gasteiger partial charge in [-0.2, -0.15) is 0 Å². The number of amides is 1. The van der Waals surface area contributed by atoms with Gasteiger partial charge in [0, 0.05) is 19.0 Å². The van der Waals surface area contributed by atoms with Crippen LogP contribution in [0.25, 0.3) is 10.2 Å². The van der Waals surface area contributed by atoms with Crippen LogP contribution < -0.4 is 4.90 Å². The molecule has 0 bridgehead atoms. The van der Waals surface area contributed by atoms with Crippen LogP contribution in [-0.4, -0.2) is 43.0 Å². The van der Waals surface area contributed by atoms with Crippen LogP contribution in [0.1, 0.15) is 24.8 Å². The quantitative estimate of drug-likeness (QED) is 0.818. The van der Waals surface area contributed by atoms with E-state index in [9.17, 15) is 4.79 Å². The van der Waals surface area contributed by atoms with E-state index in [1.54, 1.807) is 0 Å². The van der Waals surface area contributed by atoms with E-state index in [4.69, 9.17) is 16.6 Å². The maximum atomic E-state index is 12.8. The Labute approximate surface area is 146 Å². The van der Waals surface area contributed by atoms with Crippen LogP contribution in [0.5, 0.6) is 0 Å². The molecule has 1 aromatic heterocycles. The van der Waals surface area contributed by atoms with Crippen LogP contribution in [0.3, 0.4) is 0 Å². The number of hydrogen-bond donors (Lipinski definition) is 0. The largest absolute Gasteiger partial charge is 0.308 e. The van der Waals surface area contributed by atoms with Crippen molar-refractivity contribution in [2.75, 3.05) is 32.1 Å². The lowest BCUT2D eigenvalue weighted by Crippen LogP contribution is -2.42. The maximum absolute atomic E-state index is 12.8. The molecule has 0 unspecified atom stereocenters. The van der Waals surface area contributed by atoms with Crippen molar-refractivity contribution in [1.29, 1.82) is 0 Å². The minimum absolute atomic E-state index is 0.167. The first-order chi connectivity index (χ1) is 11.0. The third-order valence-corrected chi connectivity index (χ3v) is 5.95. The average molecular weight is 352 g/mol. The summed E-state index contributed by atoms with van der Waals surface area (Å²) in [6.45, 7) is 3.51. The molecule has 0 atom stereocenters. The maximum Gasteiger partial charge on any atom is 0.231 e. The van der Waals surface area contributed by atoms with Gasteiger partial charge in [-0.25, -0.2) is 4.98 Å². The van der Waals surface area contributed by atoms with E-state index >= 15 is 0 Å². The smallest absolute Gasteiger partial charge is 0.231 e. The van der Waals surface area contributed by atoms with Crippen molar-refractivity contribution in [3.05, 3.63) is 22.7 Å². The second-order valence-electron chi connectivity index (χ2n) is 6.46. The van der Waals surface area contributed by atoms with E-state index in [-0.39, 0.29) is 11.8 Å². The Hall–Kier alpha value is -1.17. The van der Waals surface area contributed by atoms with Crippen LogP contribution in [0.2, 0.25) is 5.02 Å². The van der Waals surface area contributed by atoms with Crippen LogP contribution in [0.15, 0.2) is 12.1 Å². The number of aromatic nitrogens is 1. The summed E-state index contributed by atoms with van der Waals surface area (Å²) in [4.78, 5) is 21.5. The molecule has 1 fully saturated rings. The monoisotopic (exact) mass is 351 g/mol. The molecule has 2 aromatic rings.